The van der Waals surface area contributed by atoms with Crippen LogP contribution in [0.15, 0.2) is 121 Å². The van der Waals surface area contributed by atoms with Gasteiger partial charge in [-0.15, -0.1) is 6.42 Å². The van der Waals surface area contributed by atoms with Gasteiger partial charge in [-0.25, -0.2) is 0 Å². The van der Waals surface area contributed by atoms with E-state index < -0.39 is 0 Å². The summed E-state index contributed by atoms with van der Waals surface area (Å²) in [6, 6.07) is 45.7. The molecular weight excluding hydrogens is 550 g/mol. The predicted octanol–water partition coefficient (Wildman–Crippen LogP) is 9.04. The maximum atomic E-state index is 9.85. The van der Waals surface area contributed by atoms with Crippen LogP contribution in [0.25, 0.3) is 71.4 Å². The summed E-state index contributed by atoms with van der Waals surface area (Å²) in [5.41, 5.74) is 11.1. The molecule has 5 heteroatoms. The molecule has 0 aliphatic rings. The number of fused-ring (bicyclic) bond motifs is 10. The molecule has 9 rings (SSSR count). The molecule has 0 N–H and O–H groups in total. The van der Waals surface area contributed by atoms with E-state index >= 15 is 0 Å². The van der Waals surface area contributed by atoms with Gasteiger partial charge in [-0.2, -0.15) is 10.5 Å². The molecule has 0 fully saturated rings. The monoisotopic (exact) mass is 571 g/mol. The number of nitriles is 2. The minimum Gasteiger partial charge on any atom is -0.306 e. The first kappa shape index (κ1) is 24.8. The van der Waals surface area contributed by atoms with Crippen molar-refractivity contribution in [2.45, 2.75) is 0 Å². The highest BCUT2D eigenvalue weighted by atomic mass is 15.0. The zero-order chi connectivity index (χ0) is 30.2. The molecule has 0 aliphatic carbocycles. The van der Waals surface area contributed by atoms with Gasteiger partial charge in [0.05, 0.1) is 67.4 Å². The topological polar surface area (TPSA) is 61.3 Å². The van der Waals surface area contributed by atoms with E-state index in [2.05, 4.69) is 110 Å². The maximum absolute atomic E-state index is 9.85. The Hall–Kier alpha value is -6.74. The van der Waals surface area contributed by atoms with Crippen LogP contribution < -0.4 is 0 Å². The molecule has 9 aromatic rings. The summed E-state index contributed by atoms with van der Waals surface area (Å²) in [6.45, 7) is 0. The van der Waals surface area contributed by atoms with Crippen LogP contribution in [0.1, 0.15) is 16.7 Å². The summed E-state index contributed by atoms with van der Waals surface area (Å²) in [6.07, 6.45) is 5.89. The number of terminal acetylenes is 1. The zero-order valence-corrected chi connectivity index (χ0v) is 23.9. The second-order valence-corrected chi connectivity index (χ2v) is 11.2. The van der Waals surface area contributed by atoms with E-state index in [9.17, 15) is 10.5 Å². The summed E-state index contributed by atoms with van der Waals surface area (Å²) >= 11 is 0. The molecule has 0 aliphatic heterocycles. The Morgan fingerprint density at radius 1 is 0.444 bits per heavy atom. The number of nitrogens with zero attached hydrogens (tertiary/aromatic N) is 5. The van der Waals surface area contributed by atoms with Crippen molar-refractivity contribution in [1.29, 1.82) is 10.5 Å². The highest BCUT2D eigenvalue weighted by molar-refractivity contribution is 6.24. The third-order valence-corrected chi connectivity index (χ3v) is 8.93. The number of hydrogen-bond donors (Lipinski definition) is 0. The SMILES string of the molecule is C#Cc1ccc2c(c1)c1ccc3c4cc(C#N)ccc4n4c5ccccc5n(-c5ccc(C#N)cc5)c5ccccc5n2c1c34. The van der Waals surface area contributed by atoms with Gasteiger partial charge in [-0.1, -0.05) is 42.3 Å². The molecule has 45 heavy (non-hydrogen) atoms. The Morgan fingerprint density at radius 2 is 0.911 bits per heavy atom. The van der Waals surface area contributed by atoms with Crippen molar-refractivity contribution in [1.82, 2.24) is 13.4 Å². The lowest BCUT2D eigenvalue weighted by atomic mass is 10.1. The number of benzene rings is 6. The minimum absolute atomic E-state index is 0.603. The summed E-state index contributed by atoms with van der Waals surface area (Å²) in [7, 11) is 0. The van der Waals surface area contributed by atoms with Gasteiger partial charge in [0.1, 0.15) is 0 Å². The minimum atomic E-state index is 0.603. The van der Waals surface area contributed by atoms with E-state index in [1.54, 1.807) is 0 Å². The van der Waals surface area contributed by atoms with Crippen LogP contribution in [0.5, 0.6) is 0 Å². The fourth-order valence-corrected chi connectivity index (χ4v) is 7.04. The van der Waals surface area contributed by atoms with Crippen LogP contribution in [0.4, 0.5) is 0 Å². The maximum Gasteiger partial charge on any atom is 0.0991 e. The van der Waals surface area contributed by atoms with Gasteiger partial charge in [-0.05, 0) is 84.9 Å². The highest BCUT2D eigenvalue weighted by Crippen LogP contribution is 2.41. The van der Waals surface area contributed by atoms with Gasteiger partial charge in [0.25, 0.3) is 0 Å². The van der Waals surface area contributed by atoms with Gasteiger partial charge in [0.2, 0.25) is 0 Å². The molecule has 0 bridgehead atoms. The summed E-state index contributed by atoms with van der Waals surface area (Å²) < 4.78 is 6.96. The molecular formula is C40H21N5. The average molecular weight is 572 g/mol. The fourth-order valence-electron chi connectivity index (χ4n) is 7.04. The molecule has 6 aromatic carbocycles. The van der Waals surface area contributed by atoms with E-state index in [0.29, 0.717) is 11.1 Å². The summed E-state index contributed by atoms with van der Waals surface area (Å²) in [5.74, 6) is 2.82. The standard InChI is InChI=1S/C40H21N5/c1-2-25-13-19-33-31(21-25)29-17-18-30-32-22-27(24-42)14-20-34(32)45-38-10-6-4-8-36(38)43(28-15-11-26(23-41)12-16-28)35-7-3-5-9-37(35)44(33)39(29)40(30)45/h1,3-22H. The van der Waals surface area contributed by atoms with Gasteiger partial charge >= 0.3 is 0 Å². The normalized spacial score (nSPS) is 11.5. The molecule has 5 nitrogen and oxygen atoms in total. The third-order valence-electron chi connectivity index (χ3n) is 8.93. The fraction of sp³-hybridized carbons (Fsp3) is 0. The first-order valence-electron chi connectivity index (χ1n) is 14.6. The van der Waals surface area contributed by atoms with Gasteiger partial charge in [-0.3, -0.25) is 0 Å². The Morgan fingerprint density at radius 3 is 1.42 bits per heavy atom. The first-order valence-corrected chi connectivity index (χ1v) is 14.6. The highest BCUT2D eigenvalue weighted by Gasteiger charge is 2.21. The van der Waals surface area contributed by atoms with E-state index in [1.807, 2.05) is 42.5 Å². The van der Waals surface area contributed by atoms with Gasteiger partial charge < -0.3 is 13.4 Å². The molecule has 0 atom stereocenters. The van der Waals surface area contributed by atoms with E-state index in [1.165, 1.54) is 0 Å². The summed E-state index contributed by atoms with van der Waals surface area (Å²) in [4.78, 5) is 0. The van der Waals surface area contributed by atoms with Crippen LogP contribution in [0.3, 0.4) is 0 Å². The van der Waals surface area contributed by atoms with Crippen molar-refractivity contribution >= 4 is 65.7 Å². The van der Waals surface area contributed by atoms with Crippen molar-refractivity contribution in [3.8, 4) is 30.2 Å². The van der Waals surface area contributed by atoms with Crippen LogP contribution in [-0.4, -0.2) is 13.4 Å². The largest absolute Gasteiger partial charge is 0.306 e. The predicted molar refractivity (Wildman–Crippen MR) is 181 cm³/mol. The van der Waals surface area contributed by atoms with Crippen molar-refractivity contribution in [3.05, 3.63) is 138 Å². The Balaban J connectivity index is 1.72. The van der Waals surface area contributed by atoms with E-state index in [-0.39, 0.29) is 0 Å². The lowest BCUT2D eigenvalue weighted by Gasteiger charge is -2.14. The van der Waals surface area contributed by atoms with E-state index in [0.717, 1.165) is 76.9 Å². The molecule has 3 aromatic heterocycles. The van der Waals surface area contributed by atoms with E-state index in [4.69, 9.17) is 6.42 Å². The molecule has 0 amide bonds. The number of rotatable bonds is 1. The van der Waals surface area contributed by atoms with Crippen molar-refractivity contribution < 1.29 is 0 Å². The molecule has 0 radical (unpaired) electrons. The molecule has 0 unspecified atom stereocenters. The number of hydrogen-bond acceptors (Lipinski definition) is 2. The second kappa shape index (κ2) is 9.13. The van der Waals surface area contributed by atoms with Gasteiger partial charge in [0.15, 0.2) is 0 Å². The molecule has 0 spiro atoms. The molecule has 3 heterocycles. The lowest BCUT2D eigenvalue weighted by Crippen LogP contribution is -1.99. The number of aromatic nitrogens is 3. The van der Waals surface area contributed by atoms with Crippen LogP contribution >= 0.6 is 0 Å². The van der Waals surface area contributed by atoms with Crippen LogP contribution in [0.2, 0.25) is 0 Å². The quantitative estimate of drug-likeness (QED) is 0.185. The summed E-state index contributed by atoms with van der Waals surface area (Å²) in [5, 5.41) is 23.7. The zero-order valence-electron chi connectivity index (χ0n) is 23.9. The van der Waals surface area contributed by atoms with Crippen molar-refractivity contribution in [2.24, 2.45) is 0 Å². The molecule has 0 saturated heterocycles. The second-order valence-electron chi connectivity index (χ2n) is 11.2. The van der Waals surface area contributed by atoms with Gasteiger partial charge in [0, 0.05) is 32.8 Å². The van der Waals surface area contributed by atoms with Crippen LogP contribution in [0, 0.1) is 35.0 Å². The Labute approximate surface area is 257 Å². The number of para-hydroxylation sites is 4. The Bertz CT molecular complexity index is 2720. The Kier molecular flexibility index (Phi) is 5.03. The average Bonchev–Trinajstić information content (AvgIpc) is 3.61. The smallest absolute Gasteiger partial charge is 0.0991 e. The first-order chi connectivity index (χ1) is 22.2. The van der Waals surface area contributed by atoms with Crippen molar-refractivity contribution in [3.63, 3.8) is 0 Å². The molecule has 0 saturated carbocycles. The van der Waals surface area contributed by atoms with Crippen molar-refractivity contribution in [2.75, 3.05) is 0 Å². The molecule has 206 valence electrons. The van der Waals surface area contributed by atoms with Crippen LogP contribution in [-0.2, 0) is 0 Å². The lowest BCUT2D eigenvalue weighted by molar-refractivity contribution is 1.15. The third kappa shape index (κ3) is 3.31.